The Morgan fingerprint density at radius 3 is 2.51 bits per heavy atom. The molecule has 2 aromatic carbocycles. The number of nitrogens with zero attached hydrogens (tertiary/aromatic N) is 6. The second kappa shape index (κ2) is 10.8. The fourth-order valence-electron chi connectivity index (χ4n) is 5.00. The first-order valence-corrected chi connectivity index (χ1v) is 14.8. The van der Waals surface area contributed by atoms with Crippen molar-refractivity contribution in [3.8, 4) is 22.4 Å². The van der Waals surface area contributed by atoms with Crippen LogP contribution in [0.1, 0.15) is 50.2 Å². The van der Waals surface area contributed by atoms with Crippen molar-refractivity contribution in [3.05, 3.63) is 70.4 Å². The number of hydrogen-bond donors (Lipinski definition) is 1. The highest BCUT2D eigenvalue weighted by Gasteiger charge is 2.33. The van der Waals surface area contributed by atoms with E-state index in [1.807, 2.05) is 18.7 Å². The minimum absolute atomic E-state index is 0.00972. The summed E-state index contributed by atoms with van der Waals surface area (Å²) < 4.78 is 44.1. The summed E-state index contributed by atoms with van der Waals surface area (Å²) in [7, 11) is -3.80. The van der Waals surface area contributed by atoms with Gasteiger partial charge in [-0.2, -0.15) is 4.98 Å². The summed E-state index contributed by atoms with van der Waals surface area (Å²) in [6, 6.07) is 8.39. The maximum absolute atomic E-state index is 14.8. The molecule has 14 heteroatoms. The Kier molecular flexibility index (Phi) is 7.43. The molecule has 1 fully saturated rings. The molecule has 0 radical (unpaired) electrons. The first kappa shape index (κ1) is 28.1. The van der Waals surface area contributed by atoms with E-state index >= 15 is 0 Å². The Labute approximate surface area is 235 Å². The number of aromatic nitrogens is 4. The minimum atomic E-state index is -3.80. The normalized spacial score (nSPS) is 14.5. The van der Waals surface area contributed by atoms with Gasteiger partial charge < -0.3 is 15.2 Å². The van der Waals surface area contributed by atoms with E-state index in [1.54, 1.807) is 18.2 Å². The van der Waals surface area contributed by atoms with Gasteiger partial charge >= 0.3 is 5.69 Å². The lowest BCUT2D eigenvalue weighted by molar-refractivity contribution is -0.383. The lowest BCUT2D eigenvalue weighted by atomic mass is 9.94. The molecule has 12 nitrogen and oxygen atoms in total. The van der Waals surface area contributed by atoms with Gasteiger partial charge in [0, 0.05) is 48.0 Å². The maximum Gasteiger partial charge on any atom is 0.337 e. The standard InChI is InChI=1S/C27H28FN7O5S/c1-15(2)25-32-27(40-33-25)16-9-11-34(12-10-16)26-24(35(36)37)23(30-14-31-26)18-5-4-6-20(29)22(18)17-7-8-21(19(28)13-17)41(3,38)39/h4-8,13-16H,9-12,29H2,1-3H3. The molecular weight excluding hydrogens is 553 g/mol. The van der Waals surface area contributed by atoms with E-state index in [0.29, 0.717) is 37.6 Å². The highest BCUT2D eigenvalue weighted by atomic mass is 32.2. The lowest BCUT2D eigenvalue weighted by Crippen LogP contribution is -2.34. The van der Waals surface area contributed by atoms with Crippen LogP contribution in [0, 0.1) is 15.9 Å². The van der Waals surface area contributed by atoms with Gasteiger partial charge in [0.1, 0.15) is 17.0 Å². The number of nitrogen functional groups attached to an aromatic ring is 1. The van der Waals surface area contributed by atoms with E-state index in [4.69, 9.17) is 10.3 Å². The van der Waals surface area contributed by atoms with Crippen molar-refractivity contribution in [2.24, 2.45) is 0 Å². The molecule has 0 unspecified atom stereocenters. The van der Waals surface area contributed by atoms with E-state index in [9.17, 15) is 22.9 Å². The molecule has 0 spiro atoms. The van der Waals surface area contributed by atoms with E-state index in [0.717, 1.165) is 18.4 Å². The fraction of sp³-hybridized carbons (Fsp3) is 0.333. The molecule has 1 saturated heterocycles. The van der Waals surface area contributed by atoms with E-state index in [-0.39, 0.29) is 51.4 Å². The van der Waals surface area contributed by atoms with Crippen LogP contribution < -0.4 is 10.6 Å². The molecular formula is C27H28FN7O5S. The number of anilines is 2. The van der Waals surface area contributed by atoms with Gasteiger partial charge in [0.15, 0.2) is 21.4 Å². The van der Waals surface area contributed by atoms with E-state index < -0.39 is 25.5 Å². The Balaban J connectivity index is 1.52. The van der Waals surface area contributed by atoms with Crippen LogP contribution in [0.15, 0.2) is 52.1 Å². The first-order valence-electron chi connectivity index (χ1n) is 12.9. The minimum Gasteiger partial charge on any atom is -0.398 e. The van der Waals surface area contributed by atoms with Gasteiger partial charge in [-0.25, -0.2) is 22.8 Å². The molecule has 0 aliphatic carbocycles. The Morgan fingerprint density at radius 2 is 1.90 bits per heavy atom. The van der Waals surface area contributed by atoms with E-state index in [2.05, 4.69) is 20.1 Å². The largest absolute Gasteiger partial charge is 0.398 e. The number of piperidine rings is 1. The van der Waals surface area contributed by atoms with Crippen LogP contribution in [-0.4, -0.2) is 52.8 Å². The molecule has 41 heavy (non-hydrogen) atoms. The second-order valence-corrected chi connectivity index (χ2v) is 12.2. The fourth-order valence-corrected chi connectivity index (χ4v) is 5.73. The van der Waals surface area contributed by atoms with Crippen LogP contribution in [0.2, 0.25) is 0 Å². The highest BCUT2D eigenvalue weighted by Crippen LogP contribution is 2.43. The van der Waals surface area contributed by atoms with Crippen molar-refractivity contribution in [1.29, 1.82) is 0 Å². The molecule has 1 aliphatic heterocycles. The summed E-state index contributed by atoms with van der Waals surface area (Å²) in [4.78, 5) is 26.3. The number of benzene rings is 2. The third kappa shape index (κ3) is 5.46. The molecule has 3 heterocycles. The first-order chi connectivity index (χ1) is 19.5. The zero-order valence-electron chi connectivity index (χ0n) is 22.6. The molecule has 4 aromatic rings. The number of halogens is 1. The average Bonchev–Trinajstić information content (AvgIpc) is 3.43. The van der Waals surface area contributed by atoms with Gasteiger partial charge in [0.25, 0.3) is 0 Å². The third-order valence-corrected chi connectivity index (χ3v) is 8.20. The number of hydrogen-bond acceptors (Lipinski definition) is 11. The van der Waals surface area contributed by atoms with E-state index in [1.165, 1.54) is 12.4 Å². The van der Waals surface area contributed by atoms with Crippen LogP contribution in [0.3, 0.4) is 0 Å². The van der Waals surface area contributed by atoms with Crippen molar-refractivity contribution in [1.82, 2.24) is 20.1 Å². The van der Waals surface area contributed by atoms with Crippen LogP contribution in [0.4, 0.5) is 21.6 Å². The molecule has 1 aliphatic rings. The monoisotopic (exact) mass is 581 g/mol. The van der Waals surface area contributed by atoms with Crippen molar-refractivity contribution in [2.75, 3.05) is 30.0 Å². The van der Waals surface area contributed by atoms with Crippen molar-refractivity contribution in [2.45, 2.75) is 43.4 Å². The summed E-state index contributed by atoms with van der Waals surface area (Å²) in [5, 5.41) is 16.5. The lowest BCUT2D eigenvalue weighted by Gasteiger charge is -2.31. The molecule has 0 atom stereocenters. The summed E-state index contributed by atoms with van der Waals surface area (Å²) >= 11 is 0. The maximum atomic E-state index is 14.8. The summed E-state index contributed by atoms with van der Waals surface area (Å²) in [5.74, 6) is 0.560. The van der Waals surface area contributed by atoms with Gasteiger partial charge in [-0.3, -0.25) is 10.1 Å². The molecule has 0 amide bonds. The third-order valence-electron chi connectivity index (χ3n) is 7.07. The zero-order chi connectivity index (χ0) is 29.5. The zero-order valence-corrected chi connectivity index (χ0v) is 23.4. The topological polar surface area (TPSA) is 171 Å². The quantitative estimate of drug-likeness (QED) is 0.182. The van der Waals surface area contributed by atoms with Crippen LogP contribution >= 0.6 is 0 Å². The predicted octanol–water partition coefficient (Wildman–Crippen LogP) is 4.73. The van der Waals surface area contributed by atoms with Gasteiger partial charge in [-0.15, -0.1) is 0 Å². The highest BCUT2D eigenvalue weighted by molar-refractivity contribution is 7.90. The Hall–Kier alpha value is -4.46. The van der Waals surface area contributed by atoms with Crippen molar-refractivity contribution >= 4 is 27.0 Å². The summed E-state index contributed by atoms with van der Waals surface area (Å²) in [6.45, 7) is 4.89. The van der Waals surface area contributed by atoms with Gasteiger partial charge in [0.2, 0.25) is 11.7 Å². The van der Waals surface area contributed by atoms with Crippen LogP contribution in [0.25, 0.3) is 22.4 Å². The van der Waals surface area contributed by atoms with Gasteiger partial charge in [-0.1, -0.05) is 37.2 Å². The molecule has 5 rings (SSSR count). The molecule has 0 saturated carbocycles. The second-order valence-electron chi connectivity index (χ2n) is 10.2. The molecule has 2 aromatic heterocycles. The average molecular weight is 582 g/mol. The van der Waals surface area contributed by atoms with Gasteiger partial charge in [-0.05, 0) is 36.6 Å². The van der Waals surface area contributed by atoms with Gasteiger partial charge in [0.05, 0.1) is 4.92 Å². The van der Waals surface area contributed by atoms with Crippen molar-refractivity contribution in [3.63, 3.8) is 0 Å². The number of rotatable bonds is 7. The number of nitrogens with two attached hydrogens (primary N) is 1. The van der Waals surface area contributed by atoms with Crippen LogP contribution in [-0.2, 0) is 9.84 Å². The summed E-state index contributed by atoms with van der Waals surface area (Å²) in [6.07, 6.45) is 3.42. The van der Waals surface area contributed by atoms with Crippen LogP contribution in [0.5, 0.6) is 0 Å². The summed E-state index contributed by atoms with van der Waals surface area (Å²) in [5.41, 5.74) is 7.01. The molecule has 0 bridgehead atoms. The number of sulfone groups is 1. The molecule has 2 N–H and O–H groups in total. The number of nitro groups is 1. The van der Waals surface area contributed by atoms with Crippen molar-refractivity contribution < 1.29 is 22.3 Å². The predicted molar refractivity (Wildman–Crippen MR) is 150 cm³/mol. The molecule has 214 valence electrons. The Morgan fingerprint density at radius 1 is 1.17 bits per heavy atom. The SMILES string of the molecule is CC(C)c1noc(C2CCN(c3ncnc(-c4cccc(N)c4-c4ccc(S(C)(=O)=O)c(F)c4)c3[N+](=O)[O-])CC2)n1. The Bertz CT molecular complexity index is 1730. The smallest absolute Gasteiger partial charge is 0.337 e.